The molecule has 0 amide bonds. The largest absolute Gasteiger partial charge is 0.334 e. The molecule has 0 unspecified atom stereocenters. The molecule has 0 radical (unpaired) electrons. The first-order chi connectivity index (χ1) is 10.4. The van der Waals surface area contributed by atoms with Gasteiger partial charge in [0.15, 0.2) is 0 Å². The van der Waals surface area contributed by atoms with Crippen LogP contribution < -0.4 is 0 Å². The molecule has 110 valence electrons. The molecule has 2 saturated carbocycles. The lowest BCUT2D eigenvalue weighted by molar-refractivity contribution is 0.374. The zero-order valence-corrected chi connectivity index (χ0v) is 12.6. The number of nitrogens with zero attached hydrogens (tertiary/aromatic N) is 2. The fourth-order valence-corrected chi connectivity index (χ4v) is 3.82. The molecule has 1 heterocycles. The molecule has 1 aromatic carbocycles. The van der Waals surface area contributed by atoms with E-state index in [4.69, 9.17) is 0 Å². The molecule has 0 aliphatic heterocycles. The maximum atomic E-state index is 4.68. The highest BCUT2D eigenvalue weighted by Gasteiger charge is 2.28. The lowest BCUT2D eigenvalue weighted by atomic mass is 9.78. The van der Waals surface area contributed by atoms with E-state index in [1.165, 1.54) is 56.5 Å². The molecule has 2 aliphatic carbocycles. The molecule has 2 aliphatic rings. The molecule has 2 heteroatoms. The fraction of sp³-hybridized carbons (Fsp3) is 0.526. The van der Waals surface area contributed by atoms with Gasteiger partial charge in [0, 0.05) is 24.9 Å². The van der Waals surface area contributed by atoms with Gasteiger partial charge in [-0.05, 0) is 55.9 Å². The van der Waals surface area contributed by atoms with Gasteiger partial charge < -0.3 is 4.57 Å². The van der Waals surface area contributed by atoms with Crippen LogP contribution in [0.1, 0.15) is 61.7 Å². The summed E-state index contributed by atoms with van der Waals surface area (Å²) in [7, 11) is 0. The predicted molar refractivity (Wildman–Crippen MR) is 85.3 cm³/mol. The first-order valence-corrected chi connectivity index (χ1v) is 8.46. The summed E-state index contributed by atoms with van der Waals surface area (Å²) < 4.78 is 2.44. The molecule has 0 N–H and O–H groups in total. The van der Waals surface area contributed by atoms with Crippen molar-refractivity contribution >= 4 is 0 Å². The normalized spacial score (nSPS) is 25.9. The van der Waals surface area contributed by atoms with Crippen LogP contribution in [0, 0.1) is 5.92 Å². The van der Waals surface area contributed by atoms with Crippen LogP contribution in [-0.4, -0.2) is 9.55 Å². The minimum absolute atomic E-state index is 0.679. The van der Waals surface area contributed by atoms with E-state index in [1.54, 1.807) is 0 Å². The van der Waals surface area contributed by atoms with E-state index < -0.39 is 0 Å². The summed E-state index contributed by atoms with van der Waals surface area (Å²) in [5.74, 6) is 3.72. The number of imidazole rings is 1. The van der Waals surface area contributed by atoms with Crippen LogP contribution in [0.25, 0.3) is 0 Å². The van der Waals surface area contributed by atoms with Gasteiger partial charge in [0.1, 0.15) is 5.82 Å². The monoisotopic (exact) mass is 280 g/mol. The third kappa shape index (κ3) is 2.90. The van der Waals surface area contributed by atoms with Gasteiger partial charge in [0.25, 0.3) is 0 Å². The third-order valence-electron chi connectivity index (χ3n) is 5.26. The molecule has 4 rings (SSSR count). The van der Waals surface area contributed by atoms with Crippen molar-refractivity contribution < 1.29 is 0 Å². The summed E-state index contributed by atoms with van der Waals surface area (Å²) in [4.78, 5) is 4.68. The Hall–Kier alpha value is -1.57. The second-order valence-electron chi connectivity index (χ2n) is 6.84. The van der Waals surface area contributed by atoms with E-state index in [2.05, 4.69) is 46.1 Å². The van der Waals surface area contributed by atoms with E-state index in [0.29, 0.717) is 5.92 Å². The predicted octanol–water partition coefficient (Wildman–Crippen LogP) is 4.73. The van der Waals surface area contributed by atoms with Crippen molar-refractivity contribution in [2.24, 2.45) is 5.92 Å². The van der Waals surface area contributed by atoms with Crippen LogP contribution in [-0.2, 0) is 6.54 Å². The van der Waals surface area contributed by atoms with Crippen molar-refractivity contribution in [2.75, 3.05) is 0 Å². The first-order valence-electron chi connectivity index (χ1n) is 8.46. The fourth-order valence-electron chi connectivity index (χ4n) is 3.82. The zero-order valence-electron chi connectivity index (χ0n) is 12.6. The van der Waals surface area contributed by atoms with Gasteiger partial charge in [-0.25, -0.2) is 4.98 Å². The highest BCUT2D eigenvalue weighted by molar-refractivity contribution is 5.20. The first kappa shape index (κ1) is 13.1. The van der Waals surface area contributed by atoms with Crippen molar-refractivity contribution in [2.45, 2.75) is 56.9 Å². The Morgan fingerprint density at radius 3 is 2.33 bits per heavy atom. The molecule has 21 heavy (non-hydrogen) atoms. The maximum Gasteiger partial charge on any atom is 0.111 e. The zero-order chi connectivity index (χ0) is 14.1. The van der Waals surface area contributed by atoms with Crippen LogP contribution in [0.4, 0.5) is 0 Å². The molecule has 0 saturated heterocycles. The van der Waals surface area contributed by atoms with Gasteiger partial charge in [-0.15, -0.1) is 0 Å². The third-order valence-corrected chi connectivity index (χ3v) is 5.26. The molecule has 1 aromatic heterocycles. The summed E-state index contributed by atoms with van der Waals surface area (Å²) >= 11 is 0. The van der Waals surface area contributed by atoms with Crippen LogP contribution in [0.5, 0.6) is 0 Å². The molecular formula is C19H24N2. The summed E-state index contributed by atoms with van der Waals surface area (Å²) in [6.45, 7) is 1.20. The Balaban J connectivity index is 1.42. The van der Waals surface area contributed by atoms with Gasteiger partial charge in [0.05, 0.1) is 0 Å². The van der Waals surface area contributed by atoms with Gasteiger partial charge in [-0.3, -0.25) is 0 Å². The van der Waals surface area contributed by atoms with Gasteiger partial charge in [-0.2, -0.15) is 0 Å². The van der Waals surface area contributed by atoms with E-state index >= 15 is 0 Å². The molecule has 0 atom stereocenters. The summed E-state index contributed by atoms with van der Waals surface area (Å²) in [6.07, 6.45) is 12.2. The number of rotatable bonds is 4. The molecule has 2 fully saturated rings. The summed E-state index contributed by atoms with van der Waals surface area (Å²) in [5.41, 5.74) is 1.53. The molecule has 0 bridgehead atoms. The van der Waals surface area contributed by atoms with Gasteiger partial charge in [-0.1, -0.05) is 30.3 Å². The molecular weight excluding hydrogens is 256 g/mol. The van der Waals surface area contributed by atoms with Gasteiger partial charge >= 0.3 is 0 Å². The Bertz CT molecular complexity index is 575. The minimum Gasteiger partial charge on any atom is -0.334 e. The van der Waals surface area contributed by atoms with Crippen LogP contribution >= 0.6 is 0 Å². The minimum atomic E-state index is 0.679. The average Bonchev–Trinajstić information content (AvgIpc) is 3.24. The smallest absolute Gasteiger partial charge is 0.111 e. The van der Waals surface area contributed by atoms with Crippen LogP contribution in [0.3, 0.4) is 0 Å². The van der Waals surface area contributed by atoms with E-state index in [9.17, 15) is 0 Å². The topological polar surface area (TPSA) is 17.8 Å². The highest BCUT2D eigenvalue weighted by Crippen LogP contribution is 2.40. The van der Waals surface area contributed by atoms with Crippen molar-refractivity contribution in [1.82, 2.24) is 9.55 Å². The van der Waals surface area contributed by atoms with Crippen molar-refractivity contribution in [1.29, 1.82) is 0 Å². The molecule has 2 nitrogen and oxygen atoms in total. The highest BCUT2D eigenvalue weighted by atomic mass is 15.1. The van der Waals surface area contributed by atoms with Crippen LogP contribution in [0.2, 0.25) is 0 Å². The number of hydrogen-bond acceptors (Lipinski definition) is 1. The van der Waals surface area contributed by atoms with Crippen molar-refractivity contribution in [3.05, 3.63) is 54.1 Å². The standard InChI is InChI=1S/C19H24N2/c1-2-4-16(5-3-1)17-8-10-18(11-9-17)19-20-12-13-21(19)14-15-6-7-15/h1-5,12-13,15,17-18H,6-11,14H2. The number of hydrogen-bond donors (Lipinski definition) is 0. The maximum absolute atomic E-state index is 4.68. The second-order valence-corrected chi connectivity index (χ2v) is 6.84. The van der Waals surface area contributed by atoms with Crippen molar-refractivity contribution in [3.63, 3.8) is 0 Å². The lowest BCUT2D eigenvalue weighted by Gasteiger charge is -2.29. The SMILES string of the molecule is c1ccc(C2CCC(c3nccn3CC3CC3)CC2)cc1. The van der Waals surface area contributed by atoms with Gasteiger partial charge in [0.2, 0.25) is 0 Å². The van der Waals surface area contributed by atoms with E-state index in [-0.39, 0.29) is 0 Å². The lowest BCUT2D eigenvalue weighted by Crippen LogP contribution is -2.16. The summed E-state index contributed by atoms with van der Waals surface area (Å²) in [6, 6.07) is 11.0. The number of benzene rings is 1. The molecule has 2 aromatic rings. The number of aromatic nitrogens is 2. The Morgan fingerprint density at radius 1 is 0.905 bits per heavy atom. The second kappa shape index (κ2) is 5.67. The summed E-state index contributed by atoms with van der Waals surface area (Å²) in [5, 5.41) is 0. The Morgan fingerprint density at radius 2 is 1.62 bits per heavy atom. The quantitative estimate of drug-likeness (QED) is 0.791. The van der Waals surface area contributed by atoms with E-state index in [1.807, 2.05) is 6.20 Å². The van der Waals surface area contributed by atoms with E-state index in [0.717, 1.165) is 11.8 Å². The average molecular weight is 280 g/mol. The Kier molecular flexibility index (Phi) is 3.54. The molecule has 0 spiro atoms. The Labute approximate surface area is 127 Å². The van der Waals surface area contributed by atoms with Crippen LogP contribution in [0.15, 0.2) is 42.7 Å². The van der Waals surface area contributed by atoms with Crippen molar-refractivity contribution in [3.8, 4) is 0 Å².